The van der Waals surface area contributed by atoms with Gasteiger partial charge in [-0.15, -0.1) is 0 Å². The van der Waals surface area contributed by atoms with E-state index in [1.165, 1.54) is 47.3 Å². The molecule has 0 aliphatic heterocycles. The summed E-state index contributed by atoms with van der Waals surface area (Å²) in [7, 11) is 0. The Morgan fingerprint density at radius 2 is 1.75 bits per heavy atom. The molecule has 0 aromatic heterocycles. The molecule has 7 saturated carbocycles. The highest BCUT2D eigenvalue weighted by molar-refractivity contribution is 5.43. The molecule has 7 aliphatic rings. The SMILES string of the molecule is C1CC2C1C1C3CCC34C3CC5CC(C53)C214. The molecule has 7 rings (SSSR count). The van der Waals surface area contributed by atoms with E-state index in [1.807, 2.05) is 0 Å². The Balaban J connectivity index is 1.52. The van der Waals surface area contributed by atoms with Crippen LogP contribution < -0.4 is 0 Å². The molecule has 0 aromatic carbocycles. The summed E-state index contributed by atoms with van der Waals surface area (Å²) in [6.45, 7) is 0. The smallest absolute Gasteiger partial charge is 0.0139 e. The largest absolute Gasteiger partial charge is 0.0496 e. The van der Waals surface area contributed by atoms with Crippen molar-refractivity contribution in [2.24, 2.45) is 58.2 Å². The predicted molar refractivity (Wildman–Crippen MR) is 60.5 cm³/mol. The van der Waals surface area contributed by atoms with Gasteiger partial charge < -0.3 is 0 Å². The first-order valence-corrected chi connectivity index (χ1v) is 7.90. The molecule has 0 bridgehead atoms. The van der Waals surface area contributed by atoms with Crippen LogP contribution in [0.1, 0.15) is 38.5 Å². The highest BCUT2D eigenvalue weighted by atomic mass is 15.0. The lowest BCUT2D eigenvalue weighted by molar-refractivity contribution is -0.421. The molecule has 10 atom stereocenters. The van der Waals surface area contributed by atoms with Crippen molar-refractivity contribution in [2.75, 3.05) is 0 Å². The topological polar surface area (TPSA) is 0 Å². The minimum absolute atomic E-state index is 1.00. The number of hydrogen-bond donors (Lipinski definition) is 0. The van der Waals surface area contributed by atoms with Crippen LogP contribution in [-0.2, 0) is 0 Å². The van der Waals surface area contributed by atoms with Crippen molar-refractivity contribution in [3.8, 4) is 0 Å². The Bertz CT molecular complexity index is 449. The van der Waals surface area contributed by atoms with Crippen molar-refractivity contribution in [3.63, 3.8) is 0 Å². The molecule has 0 nitrogen and oxygen atoms in total. The lowest BCUT2D eigenvalue weighted by Gasteiger charge is -2.89. The van der Waals surface area contributed by atoms with Gasteiger partial charge in [-0.25, -0.2) is 0 Å². The van der Waals surface area contributed by atoms with Gasteiger partial charge in [-0.1, -0.05) is 0 Å². The van der Waals surface area contributed by atoms with Gasteiger partial charge in [-0.2, -0.15) is 0 Å². The van der Waals surface area contributed by atoms with E-state index in [0.29, 0.717) is 0 Å². The lowest BCUT2D eigenvalue weighted by atomic mass is 9.15. The van der Waals surface area contributed by atoms with Gasteiger partial charge in [0.1, 0.15) is 0 Å². The summed E-state index contributed by atoms with van der Waals surface area (Å²) in [6, 6.07) is 0. The van der Waals surface area contributed by atoms with Gasteiger partial charge in [0.25, 0.3) is 0 Å². The first-order chi connectivity index (χ1) is 7.90. The van der Waals surface area contributed by atoms with Crippen molar-refractivity contribution in [1.29, 1.82) is 0 Å². The third kappa shape index (κ3) is 0.352. The van der Waals surface area contributed by atoms with Gasteiger partial charge in [0.05, 0.1) is 0 Å². The van der Waals surface area contributed by atoms with Crippen molar-refractivity contribution in [2.45, 2.75) is 38.5 Å². The van der Waals surface area contributed by atoms with E-state index in [4.69, 9.17) is 0 Å². The van der Waals surface area contributed by atoms with Crippen LogP contribution in [0.25, 0.3) is 0 Å². The fourth-order valence-electron chi connectivity index (χ4n) is 9.52. The molecule has 0 radical (unpaired) electrons. The maximum atomic E-state index is 1.69. The Hall–Kier alpha value is 0. The van der Waals surface area contributed by atoms with Crippen LogP contribution in [0.4, 0.5) is 0 Å². The second-order valence-electron chi connectivity index (χ2n) is 8.51. The van der Waals surface area contributed by atoms with Crippen LogP contribution in [0.5, 0.6) is 0 Å². The fourth-order valence-corrected chi connectivity index (χ4v) is 9.52. The highest BCUT2D eigenvalue weighted by Crippen LogP contribution is 3.01. The van der Waals surface area contributed by atoms with E-state index in [9.17, 15) is 0 Å². The quantitative estimate of drug-likeness (QED) is 0.578. The minimum Gasteiger partial charge on any atom is -0.0496 e. The zero-order valence-corrected chi connectivity index (χ0v) is 9.86. The second-order valence-corrected chi connectivity index (χ2v) is 8.51. The maximum Gasteiger partial charge on any atom is -0.0139 e. The van der Waals surface area contributed by atoms with Crippen LogP contribution >= 0.6 is 0 Å². The second kappa shape index (κ2) is 1.67. The van der Waals surface area contributed by atoms with E-state index in [0.717, 1.165) is 10.8 Å². The molecule has 2 spiro atoms. The van der Waals surface area contributed by atoms with Crippen LogP contribution in [0.2, 0.25) is 0 Å². The predicted octanol–water partition coefficient (Wildman–Crippen LogP) is 3.32. The van der Waals surface area contributed by atoms with Crippen LogP contribution in [0.15, 0.2) is 0 Å². The number of hydrogen-bond acceptors (Lipinski definition) is 0. The van der Waals surface area contributed by atoms with E-state index >= 15 is 0 Å². The molecule has 0 heteroatoms. The standard InChI is InChI=1S/C16H20/c1-2-9-8(1)14-10-3-4-15(10)11-5-7-6-12(13(7)11)16(9,14)15/h7-14H,1-6H2. The van der Waals surface area contributed by atoms with Crippen molar-refractivity contribution >= 4 is 0 Å². The summed E-state index contributed by atoms with van der Waals surface area (Å²) in [4.78, 5) is 0. The van der Waals surface area contributed by atoms with Crippen molar-refractivity contribution in [3.05, 3.63) is 0 Å². The monoisotopic (exact) mass is 212 g/mol. The van der Waals surface area contributed by atoms with Crippen molar-refractivity contribution in [1.82, 2.24) is 0 Å². The lowest BCUT2D eigenvalue weighted by Crippen LogP contribution is -2.84. The van der Waals surface area contributed by atoms with Gasteiger partial charge in [0, 0.05) is 0 Å². The molecular formula is C16H20. The molecule has 16 heavy (non-hydrogen) atoms. The van der Waals surface area contributed by atoms with E-state index in [1.54, 1.807) is 38.5 Å². The molecular weight excluding hydrogens is 192 g/mol. The fraction of sp³-hybridized carbons (Fsp3) is 1.00. The van der Waals surface area contributed by atoms with Crippen LogP contribution in [0.3, 0.4) is 0 Å². The summed E-state index contributed by atoms with van der Waals surface area (Å²) >= 11 is 0. The first kappa shape index (κ1) is 7.44. The van der Waals surface area contributed by atoms with Gasteiger partial charge >= 0.3 is 0 Å². The van der Waals surface area contributed by atoms with Gasteiger partial charge in [0.15, 0.2) is 0 Å². The first-order valence-electron chi connectivity index (χ1n) is 7.90. The molecule has 0 saturated heterocycles. The minimum atomic E-state index is 1.00. The normalized spacial score (nSPS) is 87.0. The third-order valence-corrected chi connectivity index (χ3v) is 9.59. The molecule has 84 valence electrons. The number of fused-ring (bicyclic) bond motifs is 3. The number of rotatable bonds is 0. The molecule has 0 amide bonds. The maximum absolute atomic E-state index is 1.69. The third-order valence-electron chi connectivity index (χ3n) is 9.59. The average molecular weight is 212 g/mol. The Morgan fingerprint density at radius 3 is 2.44 bits per heavy atom. The zero-order chi connectivity index (χ0) is 9.86. The molecule has 7 fully saturated rings. The van der Waals surface area contributed by atoms with Crippen LogP contribution in [0, 0.1) is 58.2 Å². The molecule has 10 unspecified atom stereocenters. The molecule has 0 heterocycles. The van der Waals surface area contributed by atoms with Crippen LogP contribution in [-0.4, -0.2) is 0 Å². The van der Waals surface area contributed by atoms with Gasteiger partial charge in [0.2, 0.25) is 0 Å². The van der Waals surface area contributed by atoms with Crippen molar-refractivity contribution < 1.29 is 0 Å². The summed E-state index contributed by atoms with van der Waals surface area (Å²) in [6.07, 6.45) is 9.99. The summed E-state index contributed by atoms with van der Waals surface area (Å²) < 4.78 is 0. The molecule has 0 N–H and O–H groups in total. The van der Waals surface area contributed by atoms with Gasteiger partial charge in [-0.3, -0.25) is 0 Å². The van der Waals surface area contributed by atoms with E-state index in [-0.39, 0.29) is 0 Å². The Kier molecular flexibility index (Phi) is 0.775. The molecule has 0 aromatic rings. The summed E-state index contributed by atoms with van der Waals surface area (Å²) in [5.41, 5.74) is 2.02. The van der Waals surface area contributed by atoms with E-state index < -0.39 is 0 Å². The van der Waals surface area contributed by atoms with Gasteiger partial charge in [-0.05, 0) is 96.7 Å². The summed E-state index contributed by atoms with van der Waals surface area (Å²) in [5.74, 6) is 10.2. The highest BCUT2D eigenvalue weighted by Gasteiger charge is 2.96. The Morgan fingerprint density at radius 1 is 0.812 bits per heavy atom. The van der Waals surface area contributed by atoms with E-state index in [2.05, 4.69) is 0 Å². The zero-order valence-electron chi connectivity index (χ0n) is 9.86. The Labute approximate surface area is 97.2 Å². The summed E-state index contributed by atoms with van der Waals surface area (Å²) in [5, 5.41) is 0. The molecule has 7 aliphatic carbocycles. The average Bonchev–Trinajstić information content (AvgIpc) is 2.29.